The predicted octanol–water partition coefficient (Wildman–Crippen LogP) is 3.85. The van der Waals surface area contributed by atoms with E-state index in [2.05, 4.69) is 5.16 Å². The van der Waals surface area contributed by atoms with E-state index in [9.17, 15) is 4.79 Å². The number of hydrogen-bond acceptors (Lipinski definition) is 5. The summed E-state index contributed by atoms with van der Waals surface area (Å²) in [5.41, 5.74) is 2.89. The molecule has 0 spiro atoms. The first-order chi connectivity index (χ1) is 11.8. The third-order valence-corrected chi connectivity index (χ3v) is 3.44. The number of methoxy groups -OCH3 is 1. The van der Waals surface area contributed by atoms with Gasteiger partial charge in [0.1, 0.15) is 12.3 Å². The minimum atomic E-state index is -0.405. The second-order valence-corrected chi connectivity index (χ2v) is 5.26. The fourth-order valence-corrected chi connectivity index (χ4v) is 2.30. The molecule has 0 aliphatic rings. The van der Waals surface area contributed by atoms with Gasteiger partial charge in [-0.1, -0.05) is 47.6 Å². The van der Waals surface area contributed by atoms with Crippen LogP contribution in [0.25, 0.3) is 11.3 Å². The van der Waals surface area contributed by atoms with E-state index in [1.807, 2.05) is 36.4 Å². The summed E-state index contributed by atoms with van der Waals surface area (Å²) < 4.78 is 15.6. The maximum atomic E-state index is 12.1. The smallest absolute Gasteiger partial charge is 0.338 e. The first kappa shape index (κ1) is 16.0. The average molecular weight is 323 g/mol. The zero-order valence-electron chi connectivity index (χ0n) is 13.3. The SMILES string of the molecule is COCc1cccc(C(=O)OCc2cc(-c3ccccc3)on2)c1. The van der Waals surface area contributed by atoms with Crippen LogP contribution in [0.2, 0.25) is 0 Å². The predicted molar refractivity (Wildman–Crippen MR) is 88.2 cm³/mol. The molecule has 3 aromatic rings. The van der Waals surface area contributed by atoms with Gasteiger partial charge in [-0.25, -0.2) is 4.79 Å². The minimum absolute atomic E-state index is 0.0592. The molecule has 0 amide bonds. The van der Waals surface area contributed by atoms with Gasteiger partial charge in [0.2, 0.25) is 0 Å². The van der Waals surface area contributed by atoms with Crippen LogP contribution in [0.3, 0.4) is 0 Å². The van der Waals surface area contributed by atoms with Crippen molar-refractivity contribution >= 4 is 5.97 Å². The van der Waals surface area contributed by atoms with E-state index in [1.54, 1.807) is 31.4 Å². The van der Waals surface area contributed by atoms with Crippen molar-refractivity contribution in [1.82, 2.24) is 5.16 Å². The van der Waals surface area contributed by atoms with Crippen LogP contribution in [-0.2, 0) is 22.7 Å². The lowest BCUT2D eigenvalue weighted by molar-refractivity contribution is 0.0464. The van der Waals surface area contributed by atoms with E-state index in [0.717, 1.165) is 11.1 Å². The highest BCUT2D eigenvalue weighted by Gasteiger charge is 2.11. The fourth-order valence-electron chi connectivity index (χ4n) is 2.30. The molecule has 0 saturated heterocycles. The van der Waals surface area contributed by atoms with Crippen LogP contribution < -0.4 is 0 Å². The van der Waals surface area contributed by atoms with Crippen LogP contribution in [0, 0.1) is 0 Å². The van der Waals surface area contributed by atoms with Crippen LogP contribution in [0.1, 0.15) is 21.6 Å². The van der Waals surface area contributed by atoms with E-state index in [1.165, 1.54) is 0 Å². The Labute approximate surface area is 139 Å². The summed E-state index contributed by atoms with van der Waals surface area (Å²) in [4.78, 5) is 12.1. The lowest BCUT2D eigenvalue weighted by Crippen LogP contribution is -2.06. The number of aromatic nitrogens is 1. The molecule has 0 saturated carbocycles. The van der Waals surface area contributed by atoms with Crippen molar-refractivity contribution in [2.45, 2.75) is 13.2 Å². The van der Waals surface area contributed by atoms with E-state index >= 15 is 0 Å². The summed E-state index contributed by atoms with van der Waals surface area (Å²) in [7, 11) is 1.61. The number of hydrogen-bond donors (Lipinski definition) is 0. The number of carbonyl (C=O) groups excluding carboxylic acids is 1. The highest BCUT2D eigenvalue weighted by Crippen LogP contribution is 2.20. The lowest BCUT2D eigenvalue weighted by atomic mass is 10.1. The molecule has 0 N–H and O–H groups in total. The molecule has 0 atom stereocenters. The Balaban J connectivity index is 1.62. The van der Waals surface area contributed by atoms with Gasteiger partial charge in [-0.05, 0) is 17.7 Å². The molecule has 1 heterocycles. The Kier molecular flexibility index (Phi) is 5.03. The summed E-state index contributed by atoms with van der Waals surface area (Å²) >= 11 is 0. The molecule has 1 aromatic heterocycles. The van der Waals surface area contributed by atoms with Crippen LogP contribution in [0.15, 0.2) is 65.2 Å². The zero-order chi connectivity index (χ0) is 16.8. The Morgan fingerprint density at radius 3 is 2.67 bits per heavy atom. The quantitative estimate of drug-likeness (QED) is 0.645. The van der Waals surface area contributed by atoms with Crippen molar-refractivity contribution < 1.29 is 18.8 Å². The molecule has 5 nitrogen and oxygen atoms in total. The second-order valence-electron chi connectivity index (χ2n) is 5.26. The van der Waals surface area contributed by atoms with Gasteiger partial charge in [-0.15, -0.1) is 0 Å². The summed E-state index contributed by atoms with van der Waals surface area (Å²) in [6, 6.07) is 18.6. The largest absolute Gasteiger partial charge is 0.455 e. The molecule has 24 heavy (non-hydrogen) atoms. The average Bonchev–Trinajstić information content (AvgIpc) is 3.10. The number of nitrogens with zero attached hydrogens (tertiary/aromatic N) is 1. The van der Waals surface area contributed by atoms with Gasteiger partial charge in [-0.3, -0.25) is 0 Å². The van der Waals surface area contributed by atoms with E-state index in [4.69, 9.17) is 14.0 Å². The van der Waals surface area contributed by atoms with Gasteiger partial charge in [-0.2, -0.15) is 0 Å². The van der Waals surface area contributed by atoms with E-state index in [0.29, 0.717) is 23.6 Å². The zero-order valence-corrected chi connectivity index (χ0v) is 13.3. The van der Waals surface area contributed by atoms with Crippen molar-refractivity contribution in [3.8, 4) is 11.3 Å². The Morgan fingerprint density at radius 2 is 1.88 bits per heavy atom. The van der Waals surface area contributed by atoms with Crippen molar-refractivity contribution in [3.63, 3.8) is 0 Å². The first-order valence-electron chi connectivity index (χ1n) is 7.52. The third kappa shape index (κ3) is 3.88. The molecule has 3 rings (SSSR count). The molecule has 0 bridgehead atoms. The van der Waals surface area contributed by atoms with E-state index < -0.39 is 5.97 Å². The van der Waals surface area contributed by atoms with Crippen LogP contribution in [0.4, 0.5) is 0 Å². The van der Waals surface area contributed by atoms with Gasteiger partial charge in [0, 0.05) is 18.7 Å². The van der Waals surface area contributed by atoms with Crippen molar-refractivity contribution in [3.05, 3.63) is 77.5 Å². The Hall–Kier alpha value is -2.92. The molecular formula is C19H17NO4. The van der Waals surface area contributed by atoms with Crippen LogP contribution in [-0.4, -0.2) is 18.2 Å². The summed E-state index contributed by atoms with van der Waals surface area (Å²) in [5, 5.41) is 3.93. The fraction of sp³-hybridized carbons (Fsp3) is 0.158. The highest BCUT2D eigenvalue weighted by atomic mass is 16.5. The number of esters is 1. The lowest BCUT2D eigenvalue weighted by Gasteiger charge is -2.04. The van der Waals surface area contributed by atoms with Gasteiger partial charge in [0.25, 0.3) is 0 Å². The monoisotopic (exact) mass is 323 g/mol. The molecule has 0 fully saturated rings. The maximum Gasteiger partial charge on any atom is 0.338 e. The Bertz CT molecular complexity index is 811. The van der Waals surface area contributed by atoms with Crippen LogP contribution >= 0.6 is 0 Å². The van der Waals surface area contributed by atoms with Crippen molar-refractivity contribution in [2.24, 2.45) is 0 Å². The Morgan fingerprint density at radius 1 is 1.04 bits per heavy atom. The van der Waals surface area contributed by atoms with Crippen molar-refractivity contribution in [2.75, 3.05) is 7.11 Å². The third-order valence-electron chi connectivity index (χ3n) is 3.44. The summed E-state index contributed by atoms with van der Waals surface area (Å²) in [6.45, 7) is 0.508. The highest BCUT2D eigenvalue weighted by molar-refractivity contribution is 5.89. The molecule has 0 radical (unpaired) electrons. The minimum Gasteiger partial charge on any atom is -0.455 e. The summed E-state index contributed by atoms with van der Waals surface area (Å²) in [6.07, 6.45) is 0. The second kappa shape index (κ2) is 7.57. The molecule has 122 valence electrons. The van der Waals surface area contributed by atoms with Gasteiger partial charge in [0.15, 0.2) is 5.76 Å². The molecule has 2 aromatic carbocycles. The molecule has 5 heteroatoms. The number of rotatable bonds is 6. The standard InChI is InChI=1S/C19H17NO4/c1-22-12-14-6-5-9-16(10-14)19(21)23-13-17-11-18(24-20-17)15-7-3-2-4-8-15/h2-11H,12-13H2,1H3. The van der Waals surface area contributed by atoms with Gasteiger partial charge in [0.05, 0.1) is 12.2 Å². The molecule has 0 aliphatic carbocycles. The van der Waals surface area contributed by atoms with Crippen molar-refractivity contribution in [1.29, 1.82) is 0 Å². The molecule has 0 unspecified atom stereocenters. The number of benzene rings is 2. The van der Waals surface area contributed by atoms with Crippen LogP contribution in [0.5, 0.6) is 0 Å². The molecular weight excluding hydrogens is 306 g/mol. The van der Waals surface area contributed by atoms with Gasteiger partial charge >= 0.3 is 5.97 Å². The number of carbonyl (C=O) groups is 1. The maximum absolute atomic E-state index is 12.1. The van der Waals surface area contributed by atoms with E-state index in [-0.39, 0.29) is 6.61 Å². The normalized spacial score (nSPS) is 10.5. The first-order valence-corrected chi connectivity index (χ1v) is 7.52. The molecule has 0 aliphatic heterocycles. The number of ether oxygens (including phenoxy) is 2. The topological polar surface area (TPSA) is 61.6 Å². The van der Waals surface area contributed by atoms with Gasteiger partial charge < -0.3 is 14.0 Å². The summed E-state index contributed by atoms with van der Waals surface area (Å²) in [5.74, 6) is 0.237.